The average molecular weight is 426 g/mol. The van der Waals surface area contributed by atoms with Gasteiger partial charge in [-0.2, -0.15) is 15.0 Å². The van der Waals surface area contributed by atoms with Gasteiger partial charge in [0.1, 0.15) is 0 Å². The van der Waals surface area contributed by atoms with Crippen LogP contribution in [0.25, 0.3) is 0 Å². The third-order valence-electron chi connectivity index (χ3n) is 3.95. The van der Waals surface area contributed by atoms with E-state index < -0.39 is 10.9 Å². The molecular formula is C19H18N6O4S. The lowest BCUT2D eigenvalue weighted by Gasteiger charge is -2.09. The predicted molar refractivity (Wildman–Crippen MR) is 113 cm³/mol. The van der Waals surface area contributed by atoms with Gasteiger partial charge in [-0.15, -0.1) is 11.8 Å². The summed E-state index contributed by atoms with van der Waals surface area (Å²) in [4.78, 5) is 35.6. The van der Waals surface area contributed by atoms with Crippen molar-refractivity contribution in [1.82, 2.24) is 15.0 Å². The van der Waals surface area contributed by atoms with Crippen LogP contribution in [0.4, 0.5) is 23.3 Å². The van der Waals surface area contributed by atoms with Crippen molar-refractivity contribution in [3.63, 3.8) is 0 Å². The minimum atomic E-state index is -0.738. The largest absolute Gasteiger partial charge is 0.454 e. The van der Waals surface area contributed by atoms with Gasteiger partial charge in [-0.25, -0.2) is 4.79 Å². The van der Waals surface area contributed by atoms with Gasteiger partial charge in [-0.1, -0.05) is 17.7 Å². The summed E-state index contributed by atoms with van der Waals surface area (Å²) in [6, 6.07) is 11.7. The number of thioether (sulfide) groups is 1. The van der Waals surface area contributed by atoms with Gasteiger partial charge in [0.15, 0.2) is 12.4 Å². The van der Waals surface area contributed by atoms with Gasteiger partial charge in [0.25, 0.3) is 5.69 Å². The van der Waals surface area contributed by atoms with Crippen LogP contribution in [0.2, 0.25) is 0 Å². The first-order valence-electron chi connectivity index (χ1n) is 8.69. The van der Waals surface area contributed by atoms with Gasteiger partial charge in [-0.05, 0) is 37.4 Å². The summed E-state index contributed by atoms with van der Waals surface area (Å²) in [5.41, 5.74) is 7.48. The van der Waals surface area contributed by atoms with Crippen LogP contribution in [0.1, 0.15) is 21.7 Å². The number of nitrogens with zero attached hydrogens (tertiary/aromatic N) is 4. The Labute approximate surface area is 176 Å². The Morgan fingerprint density at radius 2 is 1.93 bits per heavy atom. The highest BCUT2D eigenvalue weighted by Gasteiger charge is 2.18. The minimum absolute atomic E-state index is 0.0365. The van der Waals surface area contributed by atoms with E-state index in [-0.39, 0.29) is 35.6 Å². The maximum atomic E-state index is 12.3. The number of nitrogens with one attached hydrogen (secondary N) is 1. The number of benzene rings is 2. The molecule has 3 aromatic rings. The van der Waals surface area contributed by atoms with Crippen LogP contribution in [0.5, 0.6) is 0 Å². The number of anilines is 3. The van der Waals surface area contributed by atoms with E-state index >= 15 is 0 Å². The zero-order valence-electron chi connectivity index (χ0n) is 16.2. The number of nitrogens with two attached hydrogens (primary N) is 1. The van der Waals surface area contributed by atoms with E-state index in [1.807, 2.05) is 31.2 Å². The van der Waals surface area contributed by atoms with Crippen LogP contribution in [-0.4, -0.2) is 32.1 Å². The van der Waals surface area contributed by atoms with Crippen molar-refractivity contribution in [1.29, 1.82) is 0 Å². The maximum absolute atomic E-state index is 12.3. The fraction of sp³-hybridized carbons (Fsp3) is 0.158. The van der Waals surface area contributed by atoms with Crippen molar-refractivity contribution in [2.45, 2.75) is 18.4 Å². The number of esters is 1. The topological polar surface area (TPSA) is 146 Å². The van der Waals surface area contributed by atoms with Crippen molar-refractivity contribution in [2.75, 3.05) is 17.3 Å². The molecule has 0 fully saturated rings. The lowest BCUT2D eigenvalue weighted by atomic mass is 10.2. The second-order valence-corrected chi connectivity index (χ2v) is 6.99. The molecule has 0 unspecified atom stereocenters. The molecule has 11 heteroatoms. The van der Waals surface area contributed by atoms with Crippen LogP contribution >= 0.6 is 11.8 Å². The molecule has 2 aromatic carbocycles. The summed E-state index contributed by atoms with van der Waals surface area (Å²) < 4.78 is 5.19. The summed E-state index contributed by atoms with van der Waals surface area (Å²) in [7, 11) is 0. The van der Waals surface area contributed by atoms with Gasteiger partial charge in [0.05, 0.1) is 15.4 Å². The fourth-order valence-electron chi connectivity index (χ4n) is 2.50. The number of hydrogen-bond acceptors (Lipinski definition) is 10. The third kappa shape index (κ3) is 5.20. The molecule has 1 aromatic heterocycles. The van der Waals surface area contributed by atoms with Crippen LogP contribution in [0.3, 0.4) is 0 Å². The lowest BCUT2D eigenvalue weighted by Crippen LogP contribution is -2.11. The Morgan fingerprint density at radius 3 is 2.60 bits per heavy atom. The molecule has 0 atom stereocenters. The molecule has 0 radical (unpaired) electrons. The van der Waals surface area contributed by atoms with Crippen molar-refractivity contribution >= 4 is 41.0 Å². The van der Waals surface area contributed by atoms with Gasteiger partial charge < -0.3 is 15.8 Å². The smallest absolute Gasteiger partial charge is 0.338 e. The number of carbonyl (C=O) groups is 1. The number of aryl methyl sites for hydroxylation is 1. The molecule has 0 bridgehead atoms. The first-order chi connectivity index (χ1) is 14.4. The van der Waals surface area contributed by atoms with Crippen molar-refractivity contribution in [2.24, 2.45) is 0 Å². The van der Waals surface area contributed by atoms with E-state index in [9.17, 15) is 14.9 Å². The van der Waals surface area contributed by atoms with Gasteiger partial charge in [-0.3, -0.25) is 10.1 Å². The Bertz CT molecular complexity index is 1090. The lowest BCUT2D eigenvalue weighted by molar-refractivity contribution is -0.387. The fourth-order valence-corrected chi connectivity index (χ4v) is 3.04. The molecule has 10 nitrogen and oxygen atoms in total. The number of ether oxygens (including phenoxy) is 1. The molecule has 0 saturated carbocycles. The third-order valence-corrected chi connectivity index (χ3v) is 4.74. The van der Waals surface area contributed by atoms with Crippen LogP contribution < -0.4 is 11.1 Å². The van der Waals surface area contributed by atoms with E-state index in [0.717, 1.165) is 11.3 Å². The number of nitrogen functional groups attached to an aromatic ring is 1. The van der Waals surface area contributed by atoms with E-state index in [2.05, 4.69) is 20.3 Å². The Morgan fingerprint density at radius 1 is 1.20 bits per heavy atom. The Hall–Kier alpha value is -3.73. The molecule has 3 N–H and O–H groups in total. The minimum Gasteiger partial charge on any atom is -0.454 e. The molecular weight excluding hydrogens is 408 g/mol. The van der Waals surface area contributed by atoms with Crippen LogP contribution in [-0.2, 0) is 11.3 Å². The monoisotopic (exact) mass is 426 g/mol. The van der Waals surface area contributed by atoms with Gasteiger partial charge in [0, 0.05) is 11.8 Å². The van der Waals surface area contributed by atoms with E-state index in [4.69, 9.17) is 10.5 Å². The summed E-state index contributed by atoms with van der Waals surface area (Å²) >= 11 is 1.22. The predicted octanol–water partition coefficient (Wildman–Crippen LogP) is 3.49. The first kappa shape index (κ1) is 21.0. The number of aromatic nitrogens is 3. The molecule has 0 amide bonds. The van der Waals surface area contributed by atoms with Gasteiger partial charge in [0.2, 0.25) is 11.9 Å². The molecule has 1 heterocycles. The van der Waals surface area contributed by atoms with E-state index in [0.29, 0.717) is 4.90 Å². The molecule has 0 aliphatic rings. The van der Waals surface area contributed by atoms with Crippen molar-refractivity contribution in [3.05, 3.63) is 69.5 Å². The molecule has 154 valence electrons. The number of hydrogen-bond donors (Lipinski definition) is 2. The number of nitro benzene ring substituents is 1. The average Bonchev–Trinajstić information content (AvgIpc) is 2.72. The van der Waals surface area contributed by atoms with Crippen molar-refractivity contribution < 1.29 is 14.5 Å². The number of nitro groups is 1. The van der Waals surface area contributed by atoms with E-state index in [1.165, 1.54) is 30.0 Å². The number of rotatable bonds is 7. The summed E-state index contributed by atoms with van der Waals surface area (Å²) in [6.45, 7) is 1.70. The molecule has 0 aliphatic heterocycles. The van der Waals surface area contributed by atoms with E-state index in [1.54, 1.807) is 6.26 Å². The standard InChI is InChI=1S/C19H18N6O4S/c1-11-3-6-13(7-4-11)21-19-23-16(22-18(20)24-19)10-29-17(26)12-5-8-15(30-2)14(9-12)25(27)28/h3-9H,10H2,1-2H3,(H3,20,21,22,23,24). The van der Waals surface area contributed by atoms with Crippen LogP contribution in [0, 0.1) is 17.0 Å². The summed E-state index contributed by atoms with van der Waals surface area (Å²) in [6.07, 6.45) is 1.72. The van der Waals surface area contributed by atoms with Crippen molar-refractivity contribution in [3.8, 4) is 0 Å². The highest BCUT2D eigenvalue weighted by Crippen LogP contribution is 2.28. The second kappa shape index (κ2) is 9.18. The summed E-state index contributed by atoms with van der Waals surface area (Å²) in [5.74, 6) is -0.429. The zero-order chi connectivity index (χ0) is 21.7. The highest BCUT2D eigenvalue weighted by molar-refractivity contribution is 7.98. The normalized spacial score (nSPS) is 10.5. The summed E-state index contributed by atoms with van der Waals surface area (Å²) in [5, 5.41) is 14.2. The molecule has 30 heavy (non-hydrogen) atoms. The zero-order valence-corrected chi connectivity index (χ0v) is 17.0. The van der Waals surface area contributed by atoms with Crippen LogP contribution in [0.15, 0.2) is 47.4 Å². The maximum Gasteiger partial charge on any atom is 0.338 e. The highest BCUT2D eigenvalue weighted by atomic mass is 32.2. The molecule has 0 saturated heterocycles. The molecule has 3 rings (SSSR count). The quantitative estimate of drug-likeness (QED) is 0.249. The molecule has 0 aliphatic carbocycles. The Kier molecular flexibility index (Phi) is 6.42. The molecule has 0 spiro atoms. The number of carbonyl (C=O) groups excluding carboxylic acids is 1. The SMILES string of the molecule is CSc1ccc(C(=O)OCc2nc(N)nc(Nc3ccc(C)cc3)n2)cc1[N+](=O)[O-]. The Balaban J connectivity index is 1.71. The first-order valence-corrected chi connectivity index (χ1v) is 9.92. The van der Waals surface area contributed by atoms with Gasteiger partial charge >= 0.3 is 5.97 Å². The second-order valence-electron chi connectivity index (χ2n) is 6.14.